The summed E-state index contributed by atoms with van der Waals surface area (Å²) in [5.41, 5.74) is 5.29. The van der Waals surface area contributed by atoms with Crippen LogP contribution in [0.5, 0.6) is 0 Å². The third-order valence-electron chi connectivity index (χ3n) is 1.62. The van der Waals surface area contributed by atoms with E-state index < -0.39 is 16.1 Å². The SMILES string of the molecule is C=NNS(=O)(=O)c1ccc(NC(N)=O)cc1. The molecule has 1 aromatic carbocycles. The summed E-state index contributed by atoms with van der Waals surface area (Å²) in [4.78, 5) is 12.4. The lowest BCUT2D eigenvalue weighted by atomic mass is 10.3. The summed E-state index contributed by atoms with van der Waals surface area (Å²) >= 11 is 0. The first-order chi connectivity index (χ1) is 7.45. The zero-order valence-corrected chi connectivity index (χ0v) is 8.99. The molecule has 16 heavy (non-hydrogen) atoms. The van der Waals surface area contributed by atoms with Crippen LogP contribution in [0.15, 0.2) is 34.3 Å². The molecule has 0 aliphatic heterocycles. The summed E-state index contributed by atoms with van der Waals surface area (Å²) in [6.45, 7) is 3.01. The molecule has 0 radical (unpaired) electrons. The van der Waals surface area contributed by atoms with Crippen LogP contribution >= 0.6 is 0 Å². The Morgan fingerprint density at radius 3 is 2.31 bits per heavy atom. The van der Waals surface area contributed by atoms with Crippen LogP contribution in [0, 0.1) is 0 Å². The molecule has 0 atom stereocenters. The lowest BCUT2D eigenvalue weighted by Gasteiger charge is -2.04. The van der Waals surface area contributed by atoms with Gasteiger partial charge in [0.25, 0.3) is 10.0 Å². The molecule has 7 nitrogen and oxygen atoms in total. The maximum absolute atomic E-state index is 11.4. The Morgan fingerprint density at radius 1 is 1.31 bits per heavy atom. The van der Waals surface area contributed by atoms with Gasteiger partial charge in [-0.2, -0.15) is 13.5 Å². The number of urea groups is 1. The lowest BCUT2D eigenvalue weighted by Crippen LogP contribution is -2.20. The molecule has 86 valence electrons. The summed E-state index contributed by atoms with van der Waals surface area (Å²) in [6.07, 6.45) is 0. The van der Waals surface area contributed by atoms with Gasteiger partial charge in [0.05, 0.1) is 4.90 Å². The minimum absolute atomic E-state index is 0.00919. The summed E-state index contributed by atoms with van der Waals surface area (Å²) in [6, 6.07) is 4.70. The Kier molecular flexibility index (Phi) is 3.46. The van der Waals surface area contributed by atoms with Crippen LogP contribution < -0.4 is 15.9 Å². The Morgan fingerprint density at radius 2 is 1.88 bits per heavy atom. The van der Waals surface area contributed by atoms with Crippen molar-refractivity contribution in [3.05, 3.63) is 24.3 Å². The van der Waals surface area contributed by atoms with Gasteiger partial charge in [-0.25, -0.2) is 9.63 Å². The van der Waals surface area contributed by atoms with Gasteiger partial charge in [-0.1, -0.05) is 0 Å². The van der Waals surface area contributed by atoms with Crippen LogP contribution in [-0.2, 0) is 10.0 Å². The quantitative estimate of drug-likeness (QED) is 0.512. The molecule has 1 aromatic rings. The topological polar surface area (TPSA) is 114 Å². The average Bonchev–Trinajstić information content (AvgIpc) is 2.17. The zero-order chi connectivity index (χ0) is 12.2. The summed E-state index contributed by atoms with van der Waals surface area (Å²) < 4.78 is 22.8. The second-order valence-electron chi connectivity index (χ2n) is 2.77. The first kappa shape index (κ1) is 12.0. The smallest absolute Gasteiger partial charge is 0.316 e. The number of amides is 2. The van der Waals surface area contributed by atoms with Gasteiger partial charge in [-0.3, -0.25) is 0 Å². The fraction of sp³-hybridized carbons (Fsp3) is 0. The van der Waals surface area contributed by atoms with Gasteiger partial charge in [0.1, 0.15) is 0 Å². The van der Waals surface area contributed by atoms with Crippen molar-refractivity contribution in [3.8, 4) is 0 Å². The minimum Gasteiger partial charge on any atom is -0.351 e. The second kappa shape index (κ2) is 4.62. The number of rotatable bonds is 4. The van der Waals surface area contributed by atoms with E-state index >= 15 is 0 Å². The Labute approximate surface area is 92.4 Å². The van der Waals surface area contributed by atoms with Crippen LogP contribution in [0.3, 0.4) is 0 Å². The fourth-order valence-corrected chi connectivity index (χ4v) is 1.77. The summed E-state index contributed by atoms with van der Waals surface area (Å²) in [5.74, 6) is 0. The molecule has 0 unspecified atom stereocenters. The van der Waals surface area contributed by atoms with Crippen LogP contribution in [0.2, 0.25) is 0 Å². The number of nitrogens with one attached hydrogen (secondary N) is 2. The van der Waals surface area contributed by atoms with E-state index in [1.807, 2.05) is 4.83 Å². The van der Waals surface area contributed by atoms with Crippen molar-refractivity contribution >= 4 is 28.5 Å². The van der Waals surface area contributed by atoms with Crippen LogP contribution in [0.25, 0.3) is 0 Å². The molecule has 2 amide bonds. The number of carbonyl (C=O) groups is 1. The number of benzene rings is 1. The molecule has 4 N–H and O–H groups in total. The molecule has 1 rings (SSSR count). The average molecular weight is 242 g/mol. The molecule has 0 heterocycles. The Bertz CT molecular complexity index is 495. The number of hydrazone groups is 1. The van der Waals surface area contributed by atoms with E-state index in [9.17, 15) is 13.2 Å². The molecular weight excluding hydrogens is 232 g/mol. The standard InChI is InChI=1S/C8H10N4O3S/c1-10-12-16(14,15)7-4-2-6(3-5-7)11-8(9)13/h2-5,12H,1H2,(H3,9,11,13). The van der Waals surface area contributed by atoms with Gasteiger partial charge in [0.15, 0.2) is 0 Å². The number of hydrogen-bond acceptors (Lipinski definition) is 4. The van der Waals surface area contributed by atoms with Crippen molar-refractivity contribution in [2.24, 2.45) is 10.8 Å². The zero-order valence-electron chi connectivity index (χ0n) is 8.17. The van der Waals surface area contributed by atoms with E-state index in [0.29, 0.717) is 5.69 Å². The lowest BCUT2D eigenvalue weighted by molar-refractivity contribution is 0.259. The highest BCUT2D eigenvalue weighted by Gasteiger charge is 2.11. The van der Waals surface area contributed by atoms with Crippen molar-refractivity contribution in [1.82, 2.24) is 4.83 Å². The molecule has 0 spiro atoms. The molecule has 0 fully saturated rings. The van der Waals surface area contributed by atoms with Gasteiger partial charge in [-0.15, -0.1) is 0 Å². The third-order valence-corrected chi connectivity index (χ3v) is 2.88. The van der Waals surface area contributed by atoms with E-state index in [1.165, 1.54) is 24.3 Å². The maximum Gasteiger partial charge on any atom is 0.316 e. The molecular formula is C8H10N4O3S. The van der Waals surface area contributed by atoms with Crippen LogP contribution in [-0.4, -0.2) is 21.2 Å². The molecule has 0 aliphatic rings. The number of primary amides is 1. The minimum atomic E-state index is -3.68. The third kappa shape index (κ3) is 2.95. The highest BCUT2D eigenvalue weighted by atomic mass is 32.2. The summed E-state index contributed by atoms with van der Waals surface area (Å²) in [7, 11) is -3.68. The van der Waals surface area contributed by atoms with Gasteiger partial charge >= 0.3 is 6.03 Å². The number of carbonyl (C=O) groups excluding carboxylic acids is 1. The van der Waals surface area contributed by atoms with Crippen molar-refractivity contribution < 1.29 is 13.2 Å². The molecule has 0 aromatic heterocycles. The molecule has 0 aliphatic carbocycles. The Balaban J connectivity index is 2.95. The van der Waals surface area contributed by atoms with Gasteiger partial charge in [0.2, 0.25) is 0 Å². The predicted octanol–water partition coefficient (Wildman–Crippen LogP) is 0.0711. The number of anilines is 1. The van der Waals surface area contributed by atoms with E-state index in [-0.39, 0.29) is 4.90 Å². The molecule has 0 saturated carbocycles. The molecule has 0 saturated heterocycles. The van der Waals surface area contributed by atoms with Crippen LogP contribution in [0.4, 0.5) is 10.5 Å². The van der Waals surface area contributed by atoms with E-state index in [2.05, 4.69) is 17.1 Å². The van der Waals surface area contributed by atoms with Crippen molar-refractivity contribution in [2.75, 3.05) is 5.32 Å². The highest BCUT2D eigenvalue weighted by molar-refractivity contribution is 7.89. The molecule has 8 heteroatoms. The first-order valence-electron chi connectivity index (χ1n) is 4.10. The largest absolute Gasteiger partial charge is 0.351 e. The van der Waals surface area contributed by atoms with Crippen LogP contribution in [0.1, 0.15) is 0 Å². The number of nitrogens with two attached hydrogens (primary N) is 1. The predicted molar refractivity (Wildman–Crippen MR) is 59.5 cm³/mol. The van der Waals surface area contributed by atoms with Crippen molar-refractivity contribution in [1.29, 1.82) is 0 Å². The normalized spacial score (nSPS) is 10.5. The van der Waals surface area contributed by atoms with E-state index in [1.54, 1.807) is 0 Å². The van der Waals surface area contributed by atoms with Gasteiger partial charge < -0.3 is 11.1 Å². The summed E-state index contributed by atoms with van der Waals surface area (Å²) in [5, 5.41) is 5.38. The number of sulfonamides is 1. The first-order valence-corrected chi connectivity index (χ1v) is 5.58. The van der Waals surface area contributed by atoms with Crippen molar-refractivity contribution in [2.45, 2.75) is 4.90 Å². The van der Waals surface area contributed by atoms with E-state index in [4.69, 9.17) is 5.73 Å². The highest BCUT2D eigenvalue weighted by Crippen LogP contribution is 2.13. The van der Waals surface area contributed by atoms with E-state index in [0.717, 1.165) is 0 Å². The maximum atomic E-state index is 11.4. The Hall–Kier alpha value is -2.09. The molecule has 0 bridgehead atoms. The van der Waals surface area contributed by atoms with Gasteiger partial charge in [-0.05, 0) is 24.3 Å². The fourth-order valence-electron chi connectivity index (χ4n) is 0.997. The number of nitrogens with zero attached hydrogens (tertiary/aromatic N) is 1. The van der Waals surface area contributed by atoms with Gasteiger partial charge in [0, 0.05) is 12.4 Å². The number of hydrogen-bond donors (Lipinski definition) is 3. The second-order valence-corrected chi connectivity index (χ2v) is 4.43. The monoisotopic (exact) mass is 242 g/mol. The van der Waals surface area contributed by atoms with Crippen molar-refractivity contribution in [3.63, 3.8) is 0 Å².